The Morgan fingerprint density at radius 1 is 1.11 bits per heavy atom. The molecule has 100 valence electrons. The molecule has 0 aromatic carbocycles. The minimum absolute atomic E-state index is 0.255. The zero-order valence-corrected chi connectivity index (χ0v) is 12.5. The molecule has 2 aliphatic heterocycles. The highest BCUT2D eigenvalue weighted by atomic mass is 35.5. The second-order valence-electron chi connectivity index (χ2n) is 6.69. The Balaban J connectivity index is 1.80. The molecule has 0 N–H and O–H groups in total. The number of fused-ring (bicyclic) bond motifs is 2. The van der Waals surface area contributed by atoms with Crippen LogP contribution in [-0.2, 0) is 0 Å². The zero-order chi connectivity index (χ0) is 13.0. The summed E-state index contributed by atoms with van der Waals surface area (Å²) in [6.45, 7) is 0. The fourth-order valence-corrected chi connectivity index (χ4v) is 7.19. The van der Waals surface area contributed by atoms with E-state index in [9.17, 15) is 0 Å². The predicted octanol–water partition coefficient (Wildman–Crippen LogP) is 4.19. The third kappa shape index (κ3) is 1.06. The SMILES string of the molecule is ClC1=N[C@@]2(Cl)C3CC=CC3C1(Cl)C1C2[C@H]2C=C[C@@H]1C2. The molecule has 6 aliphatic rings. The lowest BCUT2D eigenvalue weighted by Gasteiger charge is -2.60. The van der Waals surface area contributed by atoms with Crippen LogP contribution >= 0.6 is 34.8 Å². The zero-order valence-electron chi connectivity index (χ0n) is 10.3. The fourth-order valence-electron chi connectivity index (χ4n) is 5.59. The Hall–Kier alpha value is 0.0200. The van der Waals surface area contributed by atoms with Gasteiger partial charge in [0.1, 0.15) is 15.0 Å². The van der Waals surface area contributed by atoms with Gasteiger partial charge in [0.25, 0.3) is 0 Å². The average Bonchev–Trinajstić information content (AvgIpc) is 3.07. The number of halogens is 3. The van der Waals surface area contributed by atoms with Crippen LogP contribution < -0.4 is 0 Å². The van der Waals surface area contributed by atoms with Crippen molar-refractivity contribution >= 4 is 40.0 Å². The smallest absolute Gasteiger partial charge is 0.142 e. The van der Waals surface area contributed by atoms with Gasteiger partial charge in [-0.15, -0.1) is 11.6 Å². The molecule has 2 heterocycles. The molecule has 19 heavy (non-hydrogen) atoms. The summed E-state index contributed by atoms with van der Waals surface area (Å²) in [6.07, 6.45) is 11.3. The van der Waals surface area contributed by atoms with Crippen molar-refractivity contribution in [2.45, 2.75) is 22.7 Å². The van der Waals surface area contributed by atoms with Gasteiger partial charge >= 0.3 is 0 Å². The van der Waals surface area contributed by atoms with E-state index in [1.807, 2.05) is 0 Å². The molecule has 4 heteroatoms. The summed E-state index contributed by atoms with van der Waals surface area (Å²) in [5, 5.41) is 0.555. The van der Waals surface area contributed by atoms with Crippen molar-refractivity contribution in [2.75, 3.05) is 0 Å². The van der Waals surface area contributed by atoms with Crippen molar-refractivity contribution in [2.24, 2.45) is 40.5 Å². The van der Waals surface area contributed by atoms with Crippen LogP contribution in [0.3, 0.4) is 0 Å². The minimum atomic E-state index is -0.531. The van der Waals surface area contributed by atoms with Crippen LogP contribution in [0.1, 0.15) is 12.8 Å². The summed E-state index contributed by atoms with van der Waals surface area (Å²) in [4.78, 5) is 3.66. The Kier molecular flexibility index (Phi) is 2.00. The summed E-state index contributed by atoms with van der Waals surface area (Å²) in [6, 6.07) is 0. The maximum atomic E-state index is 7.10. The first-order valence-corrected chi connectivity index (χ1v) is 8.19. The standard InChI is InChI=1S/C15H14Cl3N/c16-13-14(17)9-2-1-3-10(9)15(18,19-13)12-8-5-4-7(6-8)11(12)14/h1-2,4-5,7-12H,3,6H2/t7-,8+,9?,10?,11?,12?,14?,15+/m1/s1. The van der Waals surface area contributed by atoms with Gasteiger partial charge in [-0.1, -0.05) is 47.5 Å². The molecule has 0 aromatic heterocycles. The highest BCUT2D eigenvalue weighted by Crippen LogP contribution is 2.72. The molecule has 1 nitrogen and oxygen atoms in total. The van der Waals surface area contributed by atoms with Crippen molar-refractivity contribution in [1.29, 1.82) is 0 Å². The molecule has 5 unspecified atom stereocenters. The first-order chi connectivity index (χ1) is 9.07. The first-order valence-electron chi connectivity index (χ1n) is 7.05. The second kappa shape index (κ2) is 3.26. The van der Waals surface area contributed by atoms with Crippen molar-refractivity contribution in [3.8, 4) is 0 Å². The van der Waals surface area contributed by atoms with Crippen molar-refractivity contribution in [3.05, 3.63) is 24.3 Å². The van der Waals surface area contributed by atoms with Crippen molar-refractivity contribution < 1.29 is 0 Å². The lowest BCUT2D eigenvalue weighted by atomic mass is 9.55. The molecule has 0 spiro atoms. The summed E-state index contributed by atoms with van der Waals surface area (Å²) >= 11 is 20.6. The minimum Gasteiger partial charge on any atom is -0.252 e. The largest absolute Gasteiger partial charge is 0.252 e. The molecule has 0 radical (unpaired) electrons. The van der Waals surface area contributed by atoms with Gasteiger partial charge in [-0.3, -0.25) is 4.99 Å². The first kappa shape index (κ1) is 11.7. The predicted molar refractivity (Wildman–Crippen MR) is 78.9 cm³/mol. The maximum absolute atomic E-state index is 7.10. The molecule has 0 amide bonds. The van der Waals surface area contributed by atoms with Gasteiger partial charge in [-0.05, 0) is 30.6 Å². The van der Waals surface area contributed by atoms with E-state index in [-0.39, 0.29) is 5.92 Å². The number of hydrogen-bond donors (Lipinski definition) is 0. The molecule has 4 bridgehead atoms. The highest BCUT2D eigenvalue weighted by Gasteiger charge is 2.74. The molecule has 0 aromatic rings. The summed E-state index contributed by atoms with van der Waals surface area (Å²) in [7, 11) is 0. The van der Waals surface area contributed by atoms with Gasteiger partial charge in [-0.2, -0.15) is 0 Å². The van der Waals surface area contributed by atoms with Crippen molar-refractivity contribution in [3.63, 3.8) is 0 Å². The van der Waals surface area contributed by atoms with E-state index >= 15 is 0 Å². The quantitative estimate of drug-likeness (QED) is 0.361. The normalized spacial score (nSPS) is 63.4. The van der Waals surface area contributed by atoms with Crippen LogP contribution in [0.25, 0.3) is 0 Å². The lowest BCUT2D eigenvalue weighted by Crippen LogP contribution is -2.67. The van der Waals surface area contributed by atoms with Gasteiger partial charge in [0.05, 0.1) is 0 Å². The van der Waals surface area contributed by atoms with E-state index in [1.54, 1.807) is 0 Å². The van der Waals surface area contributed by atoms with Gasteiger partial charge < -0.3 is 0 Å². The van der Waals surface area contributed by atoms with E-state index in [0.717, 1.165) is 6.42 Å². The van der Waals surface area contributed by atoms with Crippen LogP contribution in [0.2, 0.25) is 0 Å². The molecule has 8 atom stereocenters. The second-order valence-corrected chi connectivity index (χ2v) is 8.28. The third-order valence-corrected chi connectivity index (χ3v) is 7.96. The van der Waals surface area contributed by atoms with Gasteiger partial charge in [-0.25, -0.2) is 0 Å². The summed E-state index contributed by atoms with van der Waals surface area (Å²) < 4.78 is 0. The third-order valence-electron chi connectivity index (χ3n) is 6.17. The number of aliphatic imine (C=N–C) groups is 1. The number of hydrogen-bond acceptors (Lipinski definition) is 1. The molecule has 2 fully saturated rings. The summed E-state index contributed by atoms with van der Waals surface area (Å²) in [5.41, 5.74) is 0. The van der Waals surface area contributed by atoms with E-state index < -0.39 is 9.87 Å². The Labute approximate surface area is 127 Å². The number of allylic oxidation sites excluding steroid dienone is 4. The van der Waals surface area contributed by atoms with Gasteiger partial charge in [0, 0.05) is 17.8 Å². The number of nitrogens with zero attached hydrogens (tertiary/aromatic N) is 1. The fraction of sp³-hybridized carbons (Fsp3) is 0.667. The van der Waals surface area contributed by atoms with Gasteiger partial charge in [0.2, 0.25) is 0 Å². The van der Waals surface area contributed by atoms with Crippen LogP contribution in [-0.4, -0.2) is 15.0 Å². The molecular formula is C15H14Cl3N. The van der Waals surface area contributed by atoms with Gasteiger partial charge in [0.15, 0.2) is 0 Å². The van der Waals surface area contributed by atoms with E-state index in [2.05, 4.69) is 24.3 Å². The van der Waals surface area contributed by atoms with Crippen LogP contribution in [0.4, 0.5) is 0 Å². The molecule has 6 rings (SSSR count). The number of rotatable bonds is 0. The summed E-state index contributed by atoms with van der Waals surface area (Å²) in [5.74, 6) is 2.38. The number of alkyl halides is 2. The Morgan fingerprint density at radius 2 is 1.84 bits per heavy atom. The molecule has 2 saturated carbocycles. The Bertz CT molecular complexity index is 568. The van der Waals surface area contributed by atoms with Crippen LogP contribution in [0.15, 0.2) is 29.3 Å². The van der Waals surface area contributed by atoms with Crippen LogP contribution in [0.5, 0.6) is 0 Å². The highest BCUT2D eigenvalue weighted by molar-refractivity contribution is 6.73. The molecule has 0 saturated heterocycles. The van der Waals surface area contributed by atoms with E-state index in [0.29, 0.717) is 34.8 Å². The maximum Gasteiger partial charge on any atom is 0.142 e. The van der Waals surface area contributed by atoms with E-state index in [4.69, 9.17) is 39.8 Å². The monoisotopic (exact) mass is 313 g/mol. The molecule has 4 aliphatic carbocycles. The Morgan fingerprint density at radius 3 is 2.63 bits per heavy atom. The average molecular weight is 315 g/mol. The lowest BCUT2D eigenvalue weighted by molar-refractivity contribution is 0.0518. The topological polar surface area (TPSA) is 12.4 Å². The molecular weight excluding hydrogens is 301 g/mol. The van der Waals surface area contributed by atoms with Crippen molar-refractivity contribution in [1.82, 2.24) is 0 Å². The van der Waals surface area contributed by atoms with E-state index in [1.165, 1.54) is 6.42 Å². The van der Waals surface area contributed by atoms with Crippen LogP contribution in [0, 0.1) is 35.5 Å².